The summed E-state index contributed by atoms with van der Waals surface area (Å²) in [7, 11) is -0.675. The van der Waals surface area contributed by atoms with Gasteiger partial charge in [-0.25, -0.2) is 0 Å². The van der Waals surface area contributed by atoms with Crippen LogP contribution in [0, 0.1) is 0 Å². The summed E-state index contributed by atoms with van der Waals surface area (Å²) in [6.45, 7) is 2.97. The molecule has 1 rings (SSSR count). The van der Waals surface area contributed by atoms with Crippen molar-refractivity contribution in [2.45, 2.75) is 25.8 Å². The number of thioether (sulfide) groups is 1. The van der Waals surface area contributed by atoms with E-state index in [0.29, 0.717) is 6.04 Å². The lowest BCUT2D eigenvalue weighted by molar-refractivity contribution is 0.642. The number of rotatable bonds is 4. The van der Waals surface area contributed by atoms with Crippen LogP contribution in [0.4, 0.5) is 0 Å². The zero-order valence-electron chi connectivity index (χ0n) is 8.78. The third kappa shape index (κ3) is 5.00. The number of hydrogen-bond acceptors (Lipinski definition) is 3. The molecule has 1 fully saturated rings. The first-order valence-electron chi connectivity index (χ1n) is 4.92. The van der Waals surface area contributed by atoms with Gasteiger partial charge in [0, 0.05) is 41.1 Å². The zero-order chi connectivity index (χ0) is 10.4. The molecule has 2 atom stereocenters. The standard InChI is InChI=1S/C9H18N2OS2/c1-8-4-6-13-9(11-8)10-5-3-7-14(2)12/h8H,3-7H2,1-2H3,(H,10,11). The SMILES string of the molecule is CC1CCSC(=NCCCS(C)=O)N1. The third-order valence-electron chi connectivity index (χ3n) is 2.00. The van der Waals surface area contributed by atoms with Crippen LogP contribution in [0.2, 0.25) is 0 Å². The van der Waals surface area contributed by atoms with Crippen molar-refractivity contribution in [1.29, 1.82) is 0 Å². The number of nitrogens with one attached hydrogen (secondary N) is 1. The van der Waals surface area contributed by atoms with Crippen LogP contribution in [0.1, 0.15) is 19.8 Å². The van der Waals surface area contributed by atoms with E-state index in [4.69, 9.17) is 0 Å². The van der Waals surface area contributed by atoms with Crippen molar-refractivity contribution < 1.29 is 4.21 Å². The maximum atomic E-state index is 10.8. The van der Waals surface area contributed by atoms with E-state index in [1.807, 2.05) is 0 Å². The molecule has 5 heteroatoms. The minimum atomic E-state index is -0.675. The third-order valence-corrected chi connectivity index (χ3v) is 3.83. The van der Waals surface area contributed by atoms with E-state index in [-0.39, 0.29) is 0 Å². The van der Waals surface area contributed by atoms with E-state index in [1.165, 1.54) is 6.42 Å². The monoisotopic (exact) mass is 234 g/mol. The van der Waals surface area contributed by atoms with Crippen molar-refractivity contribution >= 4 is 27.7 Å². The number of aliphatic imine (C=N–C) groups is 1. The van der Waals surface area contributed by atoms with Gasteiger partial charge in [-0.05, 0) is 19.8 Å². The highest BCUT2D eigenvalue weighted by Crippen LogP contribution is 2.13. The normalized spacial score (nSPS) is 27.3. The molecule has 0 bridgehead atoms. The van der Waals surface area contributed by atoms with Gasteiger partial charge in [0.05, 0.1) is 0 Å². The second-order valence-electron chi connectivity index (χ2n) is 3.50. The van der Waals surface area contributed by atoms with Crippen LogP contribution in [0.25, 0.3) is 0 Å². The lowest BCUT2D eigenvalue weighted by Crippen LogP contribution is -2.35. The van der Waals surface area contributed by atoms with E-state index in [1.54, 1.807) is 18.0 Å². The summed E-state index contributed by atoms with van der Waals surface area (Å²) < 4.78 is 10.8. The van der Waals surface area contributed by atoms with Gasteiger partial charge in [-0.3, -0.25) is 9.20 Å². The largest absolute Gasteiger partial charge is 0.362 e. The predicted octanol–water partition coefficient (Wildman–Crippen LogP) is 1.23. The predicted molar refractivity (Wildman–Crippen MR) is 65.5 cm³/mol. The maximum Gasteiger partial charge on any atom is 0.156 e. The molecule has 1 saturated heterocycles. The molecule has 82 valence electrons. The van der Waals surface area contributed by atoms with Gasteiger partial charge < -0.3 is 5.32 Å². The lowest BCUT2D eigenvalue weighted by Gasteiger charge is -2.21. The average Bonchev–Trinajstić information content (AvgIpc) is 2.12. The summed E-state index contributed by atoms with van der Waals surface area (Å²) in [6, 6.07) is 0.551. The first-order chi connectivity index (χ1) is 6.68. The lowest BCUT2D eigenvalue weighted by atomic mass is 10.3. The van der Waals surface area contributed by atoms with Crippen LogP contribution in [-0.2, 0) is 10.8 Å². The maximum absolute atomic E-state index is 10.8. The van der Waals surface area contributed by atoms with Crippen molar-refractivity contribution in [2.75, 3.05) is 24.3 Å². The number of hydrogen-bond donors (Lipinski definition) is 1. The summed E-state index contributed by atoms with van der Waals surface area (Å²) in [6.07, 6.45) is 3.87. The highest BCUT2D eigenvalue weighted by atomic mass is 32.2. The fourth-order valence-corrected chi connectivity index (χ4v) is 2.86. The molecular weight excluding hydrogens is 216 g/mol. The molecule has 0 amide bonds. The average molecular weight is 234 g/mol. The second kappa shape index (κ2) is 6.45. The Kier molecular flexibility index (Phi) is 5.55. The van der Waals surface area contributed by atoms with Crippen LogP contribution in [0.3, 0.4) is 0 Å². The Morgan fingerprint density at radius 1 is 1.71 bits per heavy atom. The molecule has 0 aromatic rings. The molecule has 2 unspecified atom stereocenters. The zero-order valence-corrected chi connectivity index (χ0v) is 10.4. The molecule has 1 N–H and O–H groups in total. The van der Waals surface area contributed by atoms with Gasteiger partial charge in [0.1, 0.15) is 0 Å². The minimum absolute atomic E-state index is 0.551. The second-order valence-corrected chi connectivity index (χ2v) is 6.14. The Morgan fingerprint density at radius 2 is 2.50 bits per heavy atom. The van der Waals surface area contributed by atoms with Crippen molar-refractivity contribution in [3.05, 3.63) is 0 Å². The highest BCUT2D eigenvalue weighted by molar-refractivity contribution is 8.13. The molecule has 3 nitrogen and oxygen atoms in total. The molecule has 1 aliphatic rings. The minimum Gasteiger partial charge on any atom is -0.362 e. The van der Waals surface area contributed by atoms with Crippen LogP contribution in [0.15, 0.2) is 4.99 Å². The molecule has 1 heterocycles. The van der Waals surface area contributed by atoms with E-state index in [9.17, 15) is 4.21 Å². The van der Waals surface area contributed by atoms with E-state index in [2.05, 4.69) is 17.2 Å². The molecule has 1 aliphatic heterocycles. The first kappa shape index (κ1) is 12.0. The van der Waals surface area contributed by atoms with Gasteiger partial charge in [-0.2, -0.15) is 0 Å². The summed E-state index contributed by atoms with van der Waals surface area (Å²) >= 11 is 1.79. The van der Waals surface area contributed by atoms with Gasteiger partial charge in [0.2, 0.25) is 0 Å². The Morgan fingerprint density at radius 3 is 3.14 bits per heavy atom. The fourth-order valence-electron chi connectivity index (χ4n) is 1.20. The van der Waals surface area contributed by atoms with Gasteiger partial charge in [0.25, 0.3) is 0 Å². The number of nitrogens with zero attached hydrogens (tertiary/aromatic N) is 1. The molecule has 0 aromatic heterocycles. The van der Waals surface area contributed by atoms with E-state index >= 15 is 0 Å². The Labute approximate surface area is 92.6 Å². The molecular formula is C9H18N2OS2. The summed E-state index contributed by atoms with van der Waals surface area (Å²) in [5.41, 5.74) is 0. The van der Waals surface area contributed by atoms with E-state index < -0.39 is 10.8 Å². The topological polar surface area (TPSA) is 41.5 Å². The molecule has 0 radical (unpaired) electrons. The Balaban J connectivity index is 2.19. The van der Waals surface area contributed by atoms with Crippen molar-refractivity contribution in [2.24, 2.45) is 4.99 Å². The molecule has 0 saturated carbocycles. The number of amidine groups is 1. The van der Waals surface area contributed by atoms with Crippen molar-refractivity contribution in [3.63, 3.8) is 0 Å². The quantitative estimate of drug-likeness (QED) is 0.744. The summed E-state index contributed by atoms with van der Waals surface area (Å²) in [5.74, 6) is 1.92. The molecule has 0 aromatic carbocycles. The first-order valence-corrected chi connectivity index (χ1v) is 7.63. The smallest absolute Gasteiger partial charge is 0.156 e. The fraction of sp³-hybridized carbons (Fsp3) is 0.889. The van der Waals surface area contributed by atoms with Crippen LogP contribution in [-0.4, -0.2) is 39.7 Å². The van der Waals surface area contributed by atoms with E-state index in [0.717, 1.165) is 29.6 Å². The molecule has 14 heavy (non-hydrogen) atoms. The Bertz CT molecular complexity index is 231. The van der Waals surface area contributed by atoms with Gasteiger partial charge in [0.15, 0.2) is 5.17 Å². The Hall–Kier alpha value is -0.0300. The van der Waals surface area contributed by atoms with Gasteiger partial charge >= 0.3 is 0 Å². The summed E-state index contributed by atoms with van der Waals surface area (Å²) in [5, 5.41) is 4.40. The molecule has 0 spiro atoms. The van der Waals surface area contributed by atoms with Crippen LogP contribution < -0.4 is 5.32 Å². The van der Waals surface area contributed by atoms with Gasteiger partial charge in [-0.1, -0.05) is 11.8 Å². The molecule has 0 aliphatic carbocycles. The van der Waals surface area contributed by atoms with Crippen LogP contribution in [0.5, 0.6) is 0 Å². The summed E-state index contributed by atoms with van der Waals surface area (Å²) in [4.78, 5) is 4.44. The highest BCUT2D eigenvalue weighted by Gasteiger charge is 2.12. The van der Waals surface area contributed by atoms with Crippen LogP contribution >= 0.6 is 11.8 Å². The van der Waals surface area contributed by atoms with Gasteiger partial charge in [-0.15, -0.1) is 0 Å². The van der Waals surface area contributed by atoms with Crippen molar-refractivity contribution in [1.82, 2.24) is 5.32 Å². The van der Waals surface area contributed by atoms with Crippen molar-refractivity contribution in [3.8, 4) is 0 Å².